The van der Waals surface area contributed by atoms with E-state index in [9.17, 15) is 9.18 Å². The van der Waals surface area contributed by atoms with Gasteiger partial charge in [0.1, 0.15) is 17.4 Å². The molecule has 0 aliphatic carbocycles. The number of imidazole rings is 1. The van der Waals surface area contributed by atoms with Crippen molar-refractivity contribution in [1.82, 2.24) is 9.55 Å². The molecule has 19 heavy (non-hydrogen) atoms. The maximum atomic E-state index is 13.7. The van der Waals surface area contributed by atoms with Crippen molar-refractivity contribution in [2.24, 2.45) is 0 Å². The van der Waals surface area contributed by atoms with Crippen LogP contribution in [0.2, 0.25) is 0 Å². The Bertz CT molecular complexity index is 612. The van der Waals surface area contributed by atoms with Gasteiger partial charge in [0.05, 0.1) is 12.6 Å². The Labute approximate surface area is 115 Å². The Hall–Kier alpha value is -1.62. The van der Waals surface area contributed by atoms with Crippen molar-refractivity contribution in [3.8, 4) is 0 Å². The van der Waals surface area contributed by atoms with Crippen LogP contribution in [0.1, 0.15) is 18.8 Å². The molecule has 0 bridgehead atoms. The SMILES string of the molecule is COC(=O)C(C)n1c(CCCl)nc2c(F)cccc21. The predicted octanol–water partition coefficient (Wildman–Crippen LogP) is 2.69. The summed E-state index contributed by atoms with van der Waals surface area (Å²) in [6, 6.07) is 4.08. The molecule has 1 unspecified atom stereocenters. The number of para-hydroxylation sites is 1. The standard InChI is InChI=1S/C13H14ClFN2O2/c1-8(13(18)19-2)17-10-5-3-4-9(15)12(10)16-11(17)6-7-14/h3-5,8H,6-7H2,1-2H3. The van der Waals surface area contributed by atoms with E-state index in [1.807, 2.05) is 0 Å². The van der Waals surface area contributed by atoms with E-state index >= 15 is 0 Å². The zero-order chi connectivity index (χ0) is 14.0. The molecule has 0 aliphatic rings. The average molecular weight is 285 g/mol. The molecule has 2 aromatic rings. The number of alkyl halides is 1. The van der Waals surface area contributed by atoms with Crippen LogP contribution < -0.4 is 0 Å². The molecule has 1 aromatic heterocycles. The Morgan fingerprint density at radius 2 is 2.32 bits per heavy atom. The number of fused-ring (bicyclic) bond motifs is 1. The van der Waals surface area contributed by atoms with Crippen molar-refractivity contribution < 1.29 is 13.9 Å². The lowest BCUT2D eigenvalue weighted by Crippen LogP contribution is -2.20. The van der Waals surface area contributed by atoms with Crippen LogP contribution in [-0.2, 0) is 16.0 Å². The normalized spacial score (nSPS) is 12.6. The first-order valence-electron chi connectivity index (χ1n) is 5.89. The van der Waals surface area contributed by atoms with Gasteiger partial charge in [0.25, 0.3) is 0 Å². The number of rotatable bonds is 4. The van der Waals surface area contributed by atoms with Gasteiger partial charge in [-0.25, -0.2) is 14.2 Å². The zero-order valence-electron chi connectivity index (χ0n) is 10.7. The number of halogens is 2. The summed E-state index contributed by atoms with van der Waals surface area (Å²) in [5.74, 6) is 0.107. The topological polar surface area (TPSA) is 44.1 Å². The summed E-state index contributed by atoms with van der Waals surface area (Å²) in [5.41, 5.74) is 0.816. The zero-order valence-corrected chi connectivity index (χ0v) is 11.4. The number of benzene rings is 1. The minimum absolute atomic E-state index is 0.248. The number of esters is 1. The van der Waals surface area contributed by atoms with Gasteiger partial charge in [-0.15, -0.1) is 11.6 Å². The summed E-state index contributed by atoms with van der Waals surface area (Å²) >= 11 is 5.73. The van der Waals surface area contributed by atoms with E-state index in [4.69, 9.17) is 16.3 Å². The molecule has 102 valence electrons. The van der Waals surface area contributed by atoms with Gasteiger partial charge in [0.15, 0.2) is 5.82 Å². The van der Waals surface area contributed by atoms with Crippen molar-refractivity contribution in [3.05, 3.63) is 29.8 Å². The van der Waals surface area contributed by atoms with Crippen molar-refractivity contribution in [2.45, 2.75) is 19.4 Å². The molecule has 0 amide bonds. The quantitative estimate of drug-likeness (QED) is 0.640. The fourth-order valence-corrected chi connectivity index (χ4v) is 2.27. The van der Waals surface area contributed by atoms with E-state index in [-0.39, 0.29) is 5.52 Å². The molecule has 6 heteroatoms. The Morgan fingerprint density at radius 1 is 1.58 bits per heavy atom. The van der Waals surface area contributed by atoms with Gasteiger partial charge in [0, 0.05) is 12.3 Å². The minimum Gasteiger partial charge on any atom is -0.467 e. The van der Waals surface area contributed by atoms with E-state index in [0.29, 0.717) is 23.6 Å². The summed E-state index contributed by atoms with van der Waals surface area (Å²) < 4.78 is 20.1. The molecule has 0 spiro atoms. The molecule has 1 aromatic carbocycles. The van der Waals surface area contributed by atoms with E-state index in [0.717, 1.165) is 0 Å². The Kier molecular flexibility index (Phi) is 4.04. The third-order valence-electron chi connectivity index (χ3n) is 2.99. The lowest BCUT2D eigenvalue weighted by Gasteiger charge is -2.15. The summed E-state index contributed by atoms with van der Waals surface area (Å²) in [5, 5.41) is 0. The summed E-state index contributed by atoms with van der Waals surface area (Å²) in [6.07, 6.45) is 0.455. The van der Waals surface area contributed by atoms with E-state index < -0.39 is 17.8 Å². The number of hydrogen-bond acceptors (Lipinski definition) is 3. The van der Waals surface area contributed by atoms with Crippen molar-refractivity contribution in [1.29, 1.82) is 0 Å². The molecule has 0 radical (unpaired) electrons. The number of nitrogens with zero attached hydrogens (tertiary/aromatic N) is 2. The van der Waals surface area contributed by atoms with Gasteiger partial charge in [0.2, 0.25) is 0 Å². The first-order chi connectivity index (χ1) is 9.10. The highest BCUT2D eigenvalue weighted by molar-refractivity contribution is 6.17. The Balaban J connectivity index is 2.64. The second kappa shape index (κ2) is 5.57. The molecule has 0 fully saturated rings. The molecule has 4 nitrogen and oxygen atoms in total. The highest BCUT2D eigenvalue weighted by Gasteiger charge is 2.22. The monoisotopic (exact) mass is 284 g/mol. The Morgan fingerprint density at radius 3 is 2.95 bits per heavy atom. The van der Waals surface area contributed by atoms with Gasteiger partial charge in [-0.05, 0) is 19.1 Å². The summed E-state index contributed by atoms with van der Waals surface area (Å²) in [4.78, 5) is 15.9. The number of aromatic nitrogens is 2. The van der Waals surface area contributed by atoms with E-state index in [1.54, 1.807) is 23.6 Å². The van der Waals surface area contributed by atoms with Crippen LogP contribution in [0.15, 0.2) is 18.2 Å². The van der Waals surface area contributed by atoms with Gasteiger partial charge in [-0.1, -0.05) is 6.07 Å². The third-order valence-corrected chi connectivity index (χ3v) is 3.18. The van der Waals surface area contributed by atoms with Crippen molar-refractivity contribution in [3.63, 3.8) is 0 Å². The van der Waals surface area contributed by atoms with Gasteiger partial charge in [-0.2, -0.15) is 0 Å². The molecule has 0 aliphatic heterocycles. The molecular weight excluding hydrogens is 271 g/mol. The molecule has 1 heterocycles. The largest absolute Gasteiger partial charge is 0.467 e. The maximum Gasteiger partial charge on any atom is 0.328 e. The number of ether oxygens (including phenoxy) is 1. The van der Waals surface area contributed by atoms with Gasteiger partial charge in [-0.3, -0.25) is 0 Å². The van der Waals surface area contributed by atoms with Crippen LogP contribution in [0.25, 0.3) is 11.0 Å². The van der Waals surface area contributed by atoms with Crippen LogP contribution in [-0.4, -0.2) is 28.5 Å². The average Bonchev–Trinajstić information content (AvgIpc) is 2.77. The molecule has 1 atom stereocenters. The minimum atomic E-state index is -0.574. The van der Waals surface area contributed by atoms with Gasteiger partial charge < -0.3 is 9.30 Å². The van der Waals surface area contributed by atoms with Crippen molar-refractivity contribution >= 4 is 28.6 Å². The van der Waals surface area contributed by atoms with E-state index in [2.05, 4.69) is 4.98 Å². The molecule has 0 saturated heterocycles. The number of methoxy groups -OCH3 is 1. The molecule has 0 N–H and O–H groups in total. The van der Waals surface area contributed by atoms with Crippen LogP contribution in [0.3, 0.4) is 0 Å². The lowest BCUT2D eigenvalue weighted by atomic mass is 10.2. The van der Waals surface area contributed by atoms with Gasteiger partial charge >= 0.3 is 5.97 Å². The first-order valence-corrected chi connectivity index (χ1v) is 6.42. The smallest absolute Gasteiger partial charge is 0.328 e. The summed E-state index contributed by atoms with van der Waals surface area (Å²) in [7, 11) is 1.32. The lowest BCUT2D eigenvalue weighted by molar-refractivity contribution is -0.143. The number of carbonyl (C=O) groups excluding carboxylic acids is 1. The summed E-state index contributed by atoms with van der Waals surface area (Å²) in [6.45, 7) is 1.69. The van der Waals surface area contributed by atoms with Crippen molar-refractivity contribution in [2.75, 3.05) is 13.0 Å². The number of hydrogen-bond donors (Lipinski definition) is 0. The fraction of sp³-hybridized carbons (Fsp3) is 0.385. The number of aryl methyl sites for hydroxylation is 1. The van der Waals surface area contributed by atoms with Crippen LogP contribution in [0.4, 0.5) is 4.39 Å². The van der Waals surface area contributed by atoms with Crippen LogP contribution in [0, 0.1) is 5.82 Å². The third kappa shape index (κ3) is 2.42. The first kappa shape index (κ1) is 13.8. The molecule has 0 saturated carbocycles. The molecule has 2 rings (SSSR count). The van der Waals surface area contributed by atoms with Crippen LogP contribution >= 0.6 is 11.6 Å². The second-order valence-corrected chi connectivity index (χ2v) is 4.52. The number of carbonyl (C=O) groups is 1. The predicted molar refractivity (Wildman–Crippen MR) is 70.8 cm³/mol. The highest BCUT2D eigenvalue weighted by atomic mass is 35.5. The molecular formula is C13H14ClFN2O2. The maximum absolute atomic E-state index is 13.7. The highest BCUT2D eigenvalue weighted by Crippen LogP contribution is 2.24. The van der Waals surface area contributed by atoms with E-state index in [1.165, 1.54) is 13.2 Å². The fourth-order valence-electron chi connectivity index (χ4n) is 2.10. The second-order valence-electron chi connectivity index (χ2n) is 4.14. The van der Waals surface area contributed by atoms with Crippen LogP contribution in [0.5, 0.6) is 0 Å².